The monoisotopic (exact) mass is 322 g/mol. The summed E-state index contributed by atoms with van der Waals surface area (Å²) >= 11 is 0. The minimum atomic E-state index is -0.479. The van der Waals surface area contributed by atoms with E-state index in [-0.39, 0.29) is 17.9 Å². The molecule has 5 nitrogen and oxygen atoms in total. The molecule has 0 saturated carbocycles. The van der Waals surface area contributed by atoms with Crippen LogP contribution < -0.4 is 10.6 Å². The molecule has 1 heterocycles. The average molecular weight is 322 g/mol. The summed E-state index contributed by atoms with van der Waals surface area (Å²) in [5.41, 5.74) is 2.99. The molecule has 0 radical (unpaired) electrons. The average Bonchev–Trinajstić information content (AvgIpc) is 2.83. The molecular formula is C19H18N2O3. The fraction of sp³-hybridized carbons (Fsp3) is 0.211. The molecule has 24 heavy (non-hydrogen) atoms. The lowest BCUT2D eigenvalue weighted by Gasteiger charge is -2.09. The van der Waals surface area contributed by atoms with Crippen LogP contribution in [-0.2, 0) is 11.2 Å². The van der Waals surface area contributed by atoms with E-state index in [1.807, 2.05) is 24.3 Å². The highest BCUT2D eigenvalue weighted by molar-refractivity contribution is 6.24. The predicted octanol–water partition coefficient (Wildman–Crippen LogP) is 2.87. The van der Waals surface area contributed by atoms with Crippen molar-refractivity contribution in [3.63, 3.8) is 0 Å². The summed E-state index contributed by atoms with van der Waals surface area (Å²) < 4.78 is 0. The Morgan fingerprint density at radius 3 is 2.42 bits per heavy atom. The van der Waals surface area contributed by atoms with Gasteiger partial charge in [0.2, 0.25) is 5.91 Å². The standard InChI is InChI=1S/C19H18N2O3/c1-11(2)13-8-6-12(7-9-13)10-16(22)20-15-5-3-4-14-17(15)19(24)21-18(14)23/h3-9,11H,10H2,1-2H3,(H,20,22)(H,21,23,24). The fourth-order valence-corrected chi connectivity index (χ4v) is 2.72. The number of rotatable bonds is 4. The molecule has 0 bridgehead atoms. The number of hydrogen-bond acceptors (Lipinski definition) is 3. The van der Waals surface area contributed by atoms with Gasteiger partial charge < -0.3 is 5.32 Å². The SMILES string of the molecule is CC(C)c1ccc(CC(=O)Nc2cccc3c2C(=O)NC3=O)cc1. The van der Waals surface area contributed by atoms with Crippen molar-refractivity contribution >= 4 is 23.4 Å². The lowest BCUT2D eigenvalue weighted by Crippen LogP contribution is -2.21. The topological polar surface area (TPSA) is 75.3 Å². The Morgan fingerprint density at radius 1 is 1.04 bits per heavy atom. The van der Waals surface area contributed by atoms with Gasteiger partial charge in [-0.25, -0.2) is 0 Å². The van der Waals surface area contributed by atoms with Crippen molar-refractivity contribution < 1.29 is 14.4 Å². The molecule has 3 rings (SSSR count). The van der Waals surface area contributed by atoms with Crippen molar-refractivity contribution in [3.8, 4) is 0 Å². The van der Waals surface area contributed by atoms with E-state index in [0.717, 1.165) is 5.56 Å². The van der Waals surface area contributed by atoms with Gasteiger partial charge in [-0.1, -0.05) is 44.2 Å². The highest BCUT2D eigenvalue weighted by Crippen LogP contribution is 2.24. The molecule has 3 amide bonds. The number of imide groups is 1. The van der Waals surface area contributed by atoms with Gasteiger partial charge >= 0.3 is 0 Å². The smallest absolute Gasteiger partial charge is 0.261 e. The van der Waals surface area contributed by atoms with Crippen molar-refractivity contribution in [1.29, 1.82) is 0 Å². The van der Waals surface area contributed by atoms with Crippen LogP contribution in [0.3, 0.4) is 0 Å². The maximum absolute atomic E-state index is 12.3. The number of carbonyl (C=O) groups excluding carboxylic acids is 3. The van der Waals surface area contributed by atoms with Crippen molar-refractivity contribution in [3.05, 3.63) is 64.7 Å². The van der Waals surface area contributed by atoms with Crippen LogP contribution in [-0.4, -0.2) is 17.7 Å². The first kappa shape index (κ1) is 15.9. The maximum Gasteiger partial charge on any atom is 0.261 e. The van der Waals surface area contributed by atoms with Crippen molar-refractivity contribution in [2.75, 3.05) is 5.32 Å². The van der Waals surface area contributed by atoms with Gasteiger partial charge in [-0.05, 0) is 29.2 Å². The Morgan fingerprint density at radius 2 is 1.75 bits per heavy atom. The van der Waals surface area contributed by atoms with Gasteiger partial charge in [-0.3, -0.25) is 19.7 Å². The fourth-order valence-electron chi connectivity index (χ4n) is 2.72. The summed E-state index contributed by atoms with van der Waals surface area (Å²) in [6, 6.07) is 12.7. The first-order valence-corrected chi connectivity index (χ1v) is 7.83. The molecule has 5 heteroatoms. The van der Waals surface area contributed by atoms with Crippen LogP contribution in [0.4, 0.5) is 5.69 Å². The lowest BCUT2D eigenvalue weighted by molar-refractivity contribution is -0.115. The molecule has 0 aromatic heterocycles. The third-order valence-corrected chi connectivity index (χ3v) is 4.05. The van der Waals surface area contributed by atoms with Crippen molar-refractivity contribution in [1.82, 2.24) is 5.32 Å². The van der Waals surface area contributed by atoms with Gasteiger partial charge in [-0.15, -0.1) is 0 Å². The lowest BCUT2D eigenvalue weighted by atomic mass is 10.0. The van der Waals surface area contributed by atoms with Crippen LogP contribution in [0.2, 0.25) is 0 Å². The summed E-state index contributed by atoms with van der Waals surface area (Å²) in [5, 5.41) is 4.96. The molecular weight excluding hydrogens is 304 g/mol. The molecule has 2 aromatic carbocycles. The van der Waals surface area contributed by atoms with Gasteiger partial charge in [-0.2, -0.15) is 0 Å². The third-order valence-electron chi connectivity index (χ3n) is 4.05. The molecule has 0 aliphatic carbocycles. The Hall–Kier alpha value is -2.95. The molecule has 2 N–H and O–H groups in total. The van der Waals surface area contributed by atoms with E-state index in [9.17, 15) is 14.4 Å². The molecule has 0 spiro atoms. The maximum atomic E-state index is 12.3. The Balaban J connectivity index is 1.74. The molecule has 0 fully saturated rings. The normalized spacial score (nSPS) is 13.0. The zero-order valence-electron chi connectivity index (χ0n) is 13.6. The zero-order valence-corrected chi connectivity index (χ0v) is 13.6. The summed E-state index contributed by atoms with van der Waals surface area (Å²) in [6.45, 7) is 4.23. The van der Waals surface area contributed by atoms with E-state index < -0.39 is 11.8 Å². The third kappa shape index (κ3) is 3.06. The van der Waals surface area contributed by atoms with Gasteiger partial charge in [0.15, 0.2) is 0 Å². The zero-order chi connectivity index (χ0) is 17.3. The van der Waals surface area contributed by atoms with E-state index in [1.165, 1.54) is 5.56 Å². The quantitative estimate of drug-likeness (QED) is 0.850. The van der Waals surface area contributed by atoms with Crippen LogP contribution in [0.25, 0.3) is 0 Å². The minimum absolute atomic E-state index is 0.206. The van der Waals surface area contributed by atoms with Crippen LogP contribution in [0.1, 0.15) is 51.6 Å². The Labute approximate surface area is 140 Å². The Kier molecular flexibility index (Phi) is 4.16. The summed E-state index contributed by atoms with van der Waals surface area (Å²) in [7, 11) is 0. The van der Waals surface area contributed by atoms with Gasteiger partial charge in [0.05, 0.1) is 23.2 Å². The largest absolute Gasteiger partial charge is 0.325 e. The van der Waals surface area contributed by atoms with E-state index in [2.05, 4.69) is 24.5 Å². The summed E-state index contributed by atoms with van der Waals surface area (Å²) in [4.78, 5) is 35.8. The van der Waals surface area contributed by atoms with Crippen LogP contribution in [0, 0.1) is 0 Å². The second-order valence-electron chi connectivity index (χ2n) is 6.13. The molecule has 0 unspecified atom stereocenters. The molecule has 0 atom stereocenters. The number of anilines is 1. The van der Waals surface area contributed by atoms with E-state index in [1.54, 1.807) is 18.2 Å². The van der Waals surface area contributed by atoms with Gasteiger partial charge in [0.25, 0.3) is 11.8 Å². The molecule has 0 saturated heterocycles. The van der Waals surface area contributed by atoms with Crippen molar-refractivity contribution in [2.24, 2.45) is 0 Å². The van der Waals surface area contributed by atoms with Gasteiger partial charge in [0, 0.05) is 0 Å². The van der Waals surface area contributed by atoms with E-state index in [0.29, 0.717) is 17.2 Å². The number of nitrogens with one attached hydrogen (secondary N) is 2. The van der Waals surface area contributed by atoms with E-state index in [4.69, 9.17) is 0 Å². The van der Waals surface area contributed by atoms with E-state index >= 15 is 0 Å². The first-order chi connectivity index (χ1) is 11.5. The predicted molar refractivity (Wildman–Crippen MR) is 91.1 cm³/mol. The van der Waals surface area contributed by atoms with Crippen LogP contribution in [0.5, 0.6) is 0 Å². The highest BCUT2D eigenvalue weighted by atomic mass is 16.2. The number of benzene rings is 2. The molecule has 2 aromatic rings. The Bertz CT molecular complexity index is 823. The summed E-state index contributed by atoms with van der Waals surface area (Å²) in [6.07, 6.45) is 0.206. The number of hydrogen-bond donors (Lipinski definition) is 2. The minimum Gasteiger partial charge on any atom is -0.325 e. The number of fused-ring (bicyclic) bond motifs is 1. The molecule has 122 valence electrons. The summed E-state index contributed by atoms with van der Waals surface area (Å²) in [5.74, 6) is -0.703. The van der Waals surface area contributed by atoms with Crippen LogP contribution in [0.15, 0.2) is 42.5 Å². The second-order valence-corrected chi connectivity index (χ2v) is 6.13. The van der Waals surface area contributed by atoms with Gasteiger partial charge in [0.1, 0.15) is 0 Å². The highest BCUT2D eigenvalue weighted by Gasteiger charge is 2.29. The second kappa shape index (κ2) is 6.28. The van der Waals surface area contributed by atoms with Crippen LogP contribution >= 0.6 is 0 Å². The first-order valence-electron chi connectivity index (χ1n) is 7.83. The molecule has 1 aliphatic heterocycles. The number of amides is 3. The molecule has 1 aliphatic rings. The number of carbonyl (C=O) groups is 3. The van der Waals surface area contributed by atoms with Crippen molar-refractivity contribution in [2.45, 2.75) is 26.2 Å².